The van der Waals surface area contributed by atoms with Gasteiger partial charge < -0.3 is 0 Å². The first-order chi connectivity index (χ1) is 8.37. The second kappa shape index (κ2) is 4.95. The van der Waals surface area contributed by atoms with Crippen LogP contribution in [0.3, 0.4) is 0 Å². The molecule has 18 heavy (non-hydrogen) atoms. The molecule has 7 heteroatoms. The standard InChI is InChI=1S/C11H13BrF2N2O2/c12-8-6-16(10(18)15-9(8)17)5-7-2-1-3-11(13,14)4-7/h6-7H,1-5H2,(H,15,17,18). The lowest BCUT2D eigenvalue weighted by molar-refractivity contribution is -0.0549. The van der Waals surface area contributed by atoms with Crippen LogP contribution in [0.1, 0.15) is 25.7 Å². The average Bonchev–Trinajstić information content (AvgIpc) is 2.24. The van der Waals surface area contributed by atoms with E-state index >= 15 is 0 Å². The molecule has 0 saturated heterocycles. The molecule has 1 fully saturated rings. The first-order valence-corrected chi connectivity index (χ1v) is 6.54. The maximum Gasteiger partial charge on any atom is 0.328 e. The number of aromatic nitrogens is 2. The molecule has 100 valence electrons. The Balaban J connectivity index is 2.17. The third kappa shape index (κ3) is 3.07. The van der Waals surface area contributed by atoms with E-state index in [2.05, 4.69) is 20.9 Å². The molecule has 1 N–H and O–H groups in total. The van der Waals surface area contributed by atoms with Crippen LogP contribution >= 0.6 is 15.9 Å². The molecule has 0 amide bonds. The number of nitrogens with one attached hydrogen (secondary N) is 1. The molecule has 1 aliphatic rings. The second-order valence-corrected chi connectivity index (χ2v) is 5.56. The van der Waals surface area contributed by atoms with Crippen LogP contribution in [0.2, 0.25) is 0 Å². The molecule has 2 rings (SSSR count). The largest absolute Gasteiger partial charge is 0.328 e. The van der Waals surface area contributed by atoms with Crippen molar-refractivity contribution in [2.24, 2.45) is 5.92 Å². The summed E-state index contributed by atoms with van der Waals surface area (Å²) < 4.78 is 28.0. The van der Waals surface area contributed by atoms with E-state index in [1.165, 1.54) is 10.8 Å². The third-order valence-corrected chi connectivity index (χ3v) is 3.73. The highest BCUT2D eigenvalue weighted by molar-refractivity contribution is 9.10. The number of rotatable bonds is 2. The minimum Gasteiger partial charge on any atom is -0.299 e. The molecule has 1 unspecified atom stereocenters. The van der Waals surface area contributed by atoms with Gasteiger partial charge in [-0.3, -0.25) is 14.3 Å². The maximum absolute atomic E-state index is 13.2. The van der Waals surface area contributed by atoms with Gasteiger partial charge in [0.2, 0.25) is 5.92 Å². The SMILES string of the molecule is O=c1[nH]c(=O)n(CC2CCCC(F)(F)C2)cc1Br. The van der Waals surface area contributed by atoms with Gasteiger partial charge in [-0.05, 0) is 34.7 Å². The average molecular weight is 323 g/mol. The molecule has 0 radical (unpaired) electrons. The van der Waals surface area contributed by atoms with Gasteiger partial charge in [-0.1, -0.05) is 0 Å². The monoisotopic (exact) mass is 322 g/mol. The Bertz CT molecular complexity index is 553. The molecule has 1 atom stereocenters. The normalized spacial score (nSPS) is 22.9. The van der Waals surface area contributed by atoms with Crippen LogP contribution in [0.15, 0.2) is 20.3 Å². The van der Waals surface area contributed by atoms with Gasteiger partial charge in [0.05, 0.1) is 4.47 Å². The number of alkyl halides is 2. The lowest BCUT2D eigenvalue weighted by Gasteiger charge is -2.29. The Morgan fingerprint density at radius 1 is 1.50 bits per heavy atom. The van der Waals surface area contributed by atoms with Crippen LogP contribution in [0.5, 0.6) is 0 Å². The van der Waals surface area contributed by atoms with E-state index in [0.29, 0.717) is 12.8 Å². The Kier molecular flexibility index (Phi) is 3.70. The van der Waals surface area contributed by atoms with Crippen LogP contribution < -0.4 is 11.2 Å². The van der Waals surface area contributed by atoms with Gasteiger partial charge in [-0.15, -0.1) is 0 Å². The minimum absolute atomic E-state index is 0.0757. The zero-order valence-corrected chi connectivity index (χ0v) is 11.2. The Morgan fingerprint density at radius 3 is 2.89 bits per heavy atom. The summed E-state index contributed by atoms with van der Waals surface area (Å²) >= 11 is 3.02. The predicted octanol–water partition coefficient (Wildman–Crippen LogP) is 2.12. The highest BCUT2D eigenvalue weighted by Gasteiger charge is 2.36. The molecule has 0 aliphatic heterocycles. The molecule has 4 nitrogen and oxygen atoms in total. The van der Waals surface area contributed by atoms with E-state index < -0.39 is 17.2 Å². The molecule has 1 saturated carbocycles. The zero-order valence-electron chi connectivity index (χ0n) is 9.59. The first kappa shape index (κ1) is 13.5. The molecule has 1 heterocycles. The van der Waals surface area contributed by atoms with E-state index in [1.54, 1.807) is 0 Å². The summed E-state index contributed by atoms with van der Waals surface area (Å²) in [6.07, 6.45) is 2.23. The maximum atomic E-state index is 13.2. The minimum atomic E-state index is -2.63. The van der Waals surface area contributed by atoms with Crippen LogP contribution in [0, 0.1) is 5.92 Å². The lowest BCUT2D eigenvalue weighted by Crippen LogP contribution is -2.34. The number of H-pyrrole nitrogens is 1. The number of nitrogens with zero attached hydrogens (tertiary/aromatic N) is 1. The van der Waals surface area contributed by atoms with Crippen molar-refractivity contribution in [1.82, 2.24) is 9.55 Å². The van der Waals surface area contributed by atoms with Crippen molar-refractivity contribution < 1.29 is 8.78 Å². The summed E-state index contributed by atoms with van der Waals surface area (Å²) in [5.41, 5.74) is -1.07. The van der Waals surface area contributed by atoms with Crippen molar-refractivity contribution in [3.63, 3.8) is 0 Å². The van der Waals surface area contributed by atoms with Gasteiger partial charge in [0.1, 0.15) is 0 Å². The van der Waals surface area contributed by atoms with Crippen molar-refractivity contribution in [1.29, 1.82) is 0 Å². The van der Waals surface area contributed by atoms with Gasteiger partial charge in [0.25, 0.3) is 5.56 Å². The van der Waals surface area contributed by atoms with E-state index in [4.69, 9.17) is 0 Å². The molecule has 0 aromatic carbocycles. The Morgan fingerprint density at radius 2 is 2.22 bits per heavy atom. The summed E-state index contributed by atoms with van der Waals surface area (Å²) in [7, 11) is 0. The molecule has 1 aliphatic carbocycles. The lowest BCUT2D eigenvalue weighted by atomic mass is 9.86. The Labute approximate surface area is 110 Å². The van der Waals surface area contributed by atoms with Crippen LogP contribution in [-0.4, -0.2) is 15.5 Å². The molecular formula is C11H13BrF2N2O2. The van der Waals surface area contributed by atoms with Crippen molar-refractivity contribution in [3.05, 3.63) is 31.5 Å². The predicted molar refractivity (Wildman–Crippen MR) is 65.9 cm³/mol. The van der Waals surface area contributed by atoms with E-state index in [-0.39, 0.29) is 29.8 Å². The fourth-order valence-electron chi connectivity index (χ4n) is 2.33. The van der Waals surface area contributed by atoms with Crippen molar-refractivity contribution in [2.45, 2.75) is 38.2 Å². The highest BCUT2D eigenvalue weighted by Crippen LogP contribution is 2.37. The van der Waals surface area contributed by atoms with Crippen molar-refractivity contribution >= 4 is 15.9 Å². The van der Waals surface area contributed by atoms with E-state index in [1.807, 2.05) is 0 Å². The van der Waals surface area contributed by atoms with Crippen molar-refractivity contribution in [2.75, 3.05) is 0 Å². The topological polar surface area (TPSA) is 54.9 Å². The van der Waals surface area contributed by atoms with E-state index in [9.17, 15) is 18.4 Å². The highest BCUT2D eigenvalue weighted by atomic mass is 79.9. The quantitative estimate of drug-likeness (QED) is 0.906. The van der Waals surface area contributed by atoms with Gasteiger partial charge in [0, 0.05) is 25.6 Å². The van der Waals surface area contributed by atoms with Gasteiger partial charge in [-0.25, -0.2) is 13.6 Å². The summed E-state index contributed by atoms with van der Waals surface area (Å²) in [6, 6.07) is 0. The molecular weight excluding hydrogens is 310 g/mol. The smallest absolute Gasteiger partial charge is 0.299 e. The van der Waals surface area contributed by atoms with Gasteiger partial charge >= 0.3 is 5.69 Å². The first-order valence-electron chi connectivity index (χ1n) is 5.74. The van der Waals surface area contributed by atoms with Crippen LogP contribution in [0.4, 0.5) is 8.78 Å². The van der Waals surface area contributed by atoms with Crippen LogP contribution in [0.25, 0.3) is 0 Å². The summed E-state index contributed by atoms with van der Waals surface area (Å²) in [5, 5.41) is 0. The fourth-order valence-corrected chi connectivity index (χ4v) is 2.67. The molecule has 0 bridgehead atoms. The van der Waals surface area contributed by atoms with Crippen molar-refractivity contribution in [3.8, 4) is 0 Å². The summed E-state index contributed by atoms with van der Waals surface area (Å²) in [6.45, 7) is 0.212. The Hall–Kier alpha value is -0.980. The second-order valence-electron chi connectivity index (χ2n) is 4.71. The number of halogens is 3. The number of aromatic amines is 1. The number of hydrogen-bond acceptors (Lipinski definition) is 2. The summed E-state index contributed by atoms with van der Waals surface area (Å²) in [5.74, 6) is -2.87. The van der Waals surface area contributed by atoms with Gasteiger partial charge in [-0.2, -0.15) is 0 Å². The molecule has 1 aromatic heterocycles. The summed E-state index contributed by atoms with van der Waals surface area (Å²) in [4.78, 5) is 24.8. The van der Waals surface area contributed by atoms with E-state index in [0.717, 1.165) is 0 Å². The molecule has 1 aromatic rings. The molecule has 0 spiro atoms. The number of hydrogen-bond donors (Lipinski definition) is 1. The third-order valence-electron chi connectivity index (χ3n) is 3.16. The van der Waals surface area contributed by atoms with Crippen LogP contribution in [-0.2, 0) is 6.54 Å². The zero-order chi connectivity index (χ0) is 13.3. The van der Waals surface area contributed by atoms with Gasteiger partial charge in [0.15, 0.2) is 0 Å². The fraction of sp³-hybridized carbons (Fsp3) is 0.636.